The van der Waals surface area contributed by atoms with Gasteiger partial charge >= 0.3 is 0 Å². The van der Waals surface area contributed by atoms with Gasteiger partial charge in [0.1, 0.15) is 11.9 Å². The number of hydrogen-bond acceptors (Lipinski definition) is 3. The van der Waals surface area contributed by atoms with Gasteiger partial charge in [0.2, 0.25) is 0 Å². The quantitative estimate of drug-likeness (QED) is 0.614. The van der Waals surface area contributed by atoms with Crippen LogP contribution in [-0.4, -0.2) is 53.6 Å². The van der Waals surface area contributed by atoms with Gasteiger partial charge in [-0.3, -0.25) is 5.41 Å². The maximum Gasteiger partial charge on any atom is 0.256 e. The van der Waals surface area contributed by atoms with Gasteiger partial charge in [-0.05, 0) is 24.5 Å². The Morgan fingerprint density at radius 1 is 1.35 bits per heavy atom. The van der Waals surface area contributed by atoms with Crippen LogP contribution in [0.15, 0.2) is 30.5 Å². The first-order valence-electron chi connectivity index (χ1n) is 9.16. The molecule has 1 saturated carbocycles. The zero-order chi connectivity index (χ0) is 18.1. The van der Waals surface area contributed by atoms with E-state index in [0.717, 1.165) is 35.9 Å². The fraction of sp³-hybridized carbons (Fsp3) is 0.526. The molecule has 1 aromatic carbocycles. The molecule has 7 heteroatoms. The van der Waals surface area contributed by atoms with Gasteiger partial charge in [-0.25, -0.2) is 8.78 Å². The van der Waals surface area contributed by atoms with Crippen molar-refractivity contribution in [2.45, 2.75) is 44.5 Å². The Kier molecular flexibility index (Phi) is 4.91. The smallest absolute Gasteiger partial charge is 0.256 e. The molecule has 1 atom stereocenters. The number of rotatable bonds is 6. The van der Waals surface area contributed by atoms with Gasteiger partial charge in [0.05, 0.1) is 13.2 Å². The highest BCUT2D eigenvalue weighted by Crippen LogP contribution is 2.32. The minimum atomic E-state index is -2.39. The van der Waals surface area contributed by atoms with E-state index in [4.69, 9.17) is 10.1 Å². The van der Waals surface area contributed by atoms with E-state index in [0.29, 0.717) is 31.6 Å². The van der Waals surface area contributed by atoms with Gasteiger partial charge in [-0.1, -0.05) is 18.2 Å². The second kappa shape index (κ2) is 7.32. The number of benzene rings is 1. The van der Waals surface area contributed by atoms with Crippen LogP contribution in [0.25, 0.3) is 10.9 Å². The molecular weight excluding hydrogens is 338 g/mol. The third kappa shape index (κ3) is 3.59. The van der Waals surface area contributed by atoms with Crippen molar-refractivity contribution < 1.29 is 13.5 Å². The number of nitrogens with one attached hydrogen (secondary N) is 2. The largest absolute Gasteiger partial charge is 0.368 e. The Labute approximate surface area is 151 Å². The average Bonchev–Trinajstić information content (AvgIpc) is 3.44. The van der Waals surface area contributed by atoms with Crippen LogP contribution in [0.4, 0.5) is 8.78 Å². The minimum Gasteiger partial charge on any atom is -0.368 e. The fourth-order valence-corrected chi connectivity index (χ4v) is 3.66. The summed E-state index contributed by atoms with van der Waals surface area (Å²) in [6.07, 6.45) is 1.33. The molecule has 2 fully saturated rings. The molecule has 1 saturated heterocycles. The Morgan fingerprint density at radius 2 is 2.15 bits per heavy atom. The highest BCUT2D eigenvalue weighted by atomic mass is 19.3. The predicted molar refractivity (Wildman–Crippen MR) is 96.8 cm³/mol. The highest BCUT2D eigenvalue weighted by molar-refractivity contribution is 5.87. The molecule has 1 unspecified atom stereocenters. The van der Waals surface area contributed by atoms with Crippen LogP contribution in [-0.2, 0) is 17.8 Å². The van der Waals surface area contributed by atoms with Crippen LogP contribution in [0.2, 0.25) is 0 Å². The van der Waals surface area contributed by atoms with Crippen molar-refractivity contribution in [2.24, 2.45) is 0 Å². The van der Waals surface area contributed by atoms with Crippen molar-refractivity contribution in [2.75, 3.05) is 19.7 Å². The lowest BCUT2D eigenvalue weighted by Gasteiger charge is -2.32. The molecule has 140 valence electrons. The molecule has 4 rings (SSSR count). The van der Waals surface area contributed by atoms with E-state index >= 15 is 0 Å². The molecule has 0 bridgehead atoms. The minimum absolute atomic E-state index is 0.237. The van der Waals surface area contributed by atoms with E-state index in [1.165, 1.54) is 0 Å². The second-order valence-corrected chi connectivity index (χ2v) is 7.02. The molecule has 1 aliphatic carbocycles. The van der Waals surface area contributed by atoms with Crippen LogP contribution in [0.1, 0.15) is 18.4 Å². The van der Waals surface area contributed by atoms with Crippen LogP contribution in [0.5, 0.6) is 0 Å². The summed E-state index contributed by atoms with van der Waals surface area (Å²) in [5.74, 6) is 0.491. The van der Waals surface area contributed by atoms with E-state index in [1.54, 1.807) is 4.57 Å². The van der Waals surface area contributed by atoms with Crippen molar-refractivity contribution in [1.82, 2.24) is 14.8 Å². The van der Waals surface area contributed by atoms with Crippen molar-refractivity contribution in [3.8, 4) is 0 Å². The van der Waals surface area contributed by atoms with E-state index in [1.807, 2.05) is 30.5 Å². The molecule has 0 amide bonds. The van der Waals surface area contributed by atoms with Crippen molar-refractivity contribution in [1.29, 1.82) is 5.41 Å². The van der Waals surface area contributed by atoms with Gasteiger partial charge in [0.15, 0.2) is 0 Å². The number of ether oxygens (including phenoxy) is 1. The Morgan fingerprint density at radius 3 is 2.85 bits per heavy atom. The third-order valence-electron chi connectivity index (χ3n) is 5.08. The first-order chi connectivity index (χ1) is 12.6. The monoisotopic (exact) mass is 362 g/mol. The van der Waals surface area contributed by atoms with Crippen LogP contribution >= 0.6 is 0 Å². The summed E-state index contributed by atoms with van der Waals surface area (Å²) >= 11 is 0. The van der Waals surface area contributed by atoms with E-state index in [-0.39, 0.29) is 12.6 Å². The number of alkyl halides is 2. The normalized spacial score (nSPS) is 20.7. The summed E-state index contributed by atoms with van der Waals surface area (Å²) in [5, 5.41) is 12.9. The molecule has 26 heavy (non-hydrogen) atoms. The molecule has 5 nitrogen and oxygen atoms in total. The number of para-hydroxylation sites is 1. The van der Waals surface area contributed by atoms with Crippen LogP contribution in [0.3, 0.4) is 0 Å². The number of nitrogens with zero attached hydrogens (tertiary/aromatic N) is 2. The summed E-state index contributed by atoms with van der Waals surface area (Å²) < 4.78 is 33.3. The van der Waals surface area contributed by atoms with Gasteiger partial charge in [-0.2, -0.15) is 0 Å². The van der Waals surface area contributed by atoms with Crippen LogP contribution in [0, 0.1) is 5.41 Å². The molecule has 2 aliphatic rings. The fourth-order valence-electron chi connectivity index (χ4n) is 3.66. The van der Waals surface area contributed by atoms with E-state index < -0.39 is 6.43 Å². The molecular formula is C19H24F2N4O. The maximum atomic E-state index is 12.9. The van der Waals surface area contributed by atoms with Crippen molar-refractivity contribution >= 4 is 16.7 Å². The average molecular weight is 362 g/mol. The van der Waals surface area contributed by atoms with Gasteiger partial charge < -0.3 is 19.5 Å². The summed E-state index contributed by atoms with van der Waals surface area (Å²) in [7, 11) is 0. The first-order valence-corrected chi connectivity index (χ1v) is 9.16. The number of hydrogen-bond donors (Lipinski definition) is 2. The molecule has 2 aromatic rings. The lowest BCUT2D eigenvalue weighted by atomic mass is 10.1. The van der Waals surface area contributed by atoms with Crippen LogP contribution < -0.4 is 5.32 Å². The Bertz CT molecular complexity index is 781. The number of amidine groups is 1. The SMILES string of the molecule is N=C(C1CNCCO1)N(Cc1cn(CC(F)F)c2ccccc12)C1CC1. The van der Waals surface area contributed by atoms with Crippen molar-refractivity contribution in [3.05, 3.63) is 36.0 Å². The molecule has 2 heterocycles. The molecule has 2 N–H and O–H groups in total. The molecule has 0 spiro atoms. The lowest BCUT2D eigenvalue weighted by Crippen LogP contribution is -2.49. The summed E-state index contributed by atoms with van der Waals surface area (Å²) in [4.78, 5) is 2.09. The number of fused-ring (bicyclic) bond motifs is 1. The maximum absolute atomic E-state index is 12.9. The van der Waals surface area contributed by atoms with Gasteiger partial charge in [0, 0.05) is 42.8 Å². The molecule has 1 aliphatic heterocycles. The Hall–Kier alpha value is -1.99. The van der Waals surface area contributed by atoms with Gasteiger partial charge in [0.25, 0.3) is 6.43 Å². The number of halogens is 2. The zero-order valence-corrected chi connectivity index (χ0v) is 14.6. The third-order valence-corrected chi connectivity index (χ3v) is 5.08. The predicted octanol–water partition coefficient (Wildman–Crippen LogP) is 2.84. The standard InChI is InChI=1S/C19H24F2N4O/c20-18(21)12-24-10-13(15-3-1-2-4-16(15)24)11-25(14-5-6-14)19(22)17-9-23-7-8-26-17/h1-4,10,14,17-18,22-23H,5-9,11-12H2. The van der Waals surface area contributed by atoms with E-state index in [9.17, 15) is 8.78 Å². The highest BCUT2D eigenvalue weighted by Gasteiger charge is 2.35. The summed E-state index contributed by atoms with van der Waals surface area (Å²) in [6, 6.07) is 8.00. The zero-order valence-electron chi connectivity index (χ0n) is 14.6. The van der Waals surface area contributed by atoms with Crippen molar-refractivity contribution in [3.63, 3.8) is 0 Å². The first kappa shape index (κ1) is 17.4. The molecule has 0 radical (unpaired) electrons. The summed E-state index contributed by atoms with van der Waals surface area (Å²) in [6.45, 7) is 2.32. The Balaban J connectivity index is 1.60. The molecule has 1 aromatic heterocycles. The number of aromatic nitrogens is 1. The lowest BCUT2D eigenvalue weighted by molar-refractivity contribution is 0.0613. The van der Waals surface area contributed by atoms with Gasteiger partial charge in [-0.15, -0.1) is 0 Å². The topological polar surface area (TPSA) is 53.3 Å². The second-order valence-electron chi connectivity index (χ2n) is 7.02. The summed E-state index contributed by atoms with van der Waals surface area (Å²) in [5.41, 5.74) is 1.81. The number of morpholine rings is 1. The van der Waals surface area contributed by atoms with E-state index in [2.05, 4.69) is 10.2 Å².